The van der Waals surface area contributed by atoms with Gasteiger partial charge in [-0.15, -0.1) is 11.8 Å². The fourth-order valence-corrected chi connectivity index (χ4v) is 8.47. The van der Waals surface area contributed by atoms with Crippen molar-refractivity contribution < 1.29 is 65.4 Å². The van der Waals surface area contributed by atoms with Crippen molar-refractivity contribution in [2.75, 3.05) is 36.2 Å². The summed E-state index contributed by atoms with van der Waals surface area (Å²) in [6.07, 6.45) is -5.72. The van der Waals surface area contributed by atoms with Crippen molar-refractivity contribution in [3.05, 3.63) is 22.7 Å². The number of rotatable bonds is 16. The third-order valence-electron chi connectivity index (χ3n) is 6.53. The summed E-state index contributed by atoms with van der Waals surface area (Å²) in [7, 11) is -4.42. The third kappa shape index (κ3) is 17.0. The van der Waals surface area contributed by atoms with Gasteiger partial charge in [0.2, 0.25) is 0 Å². The standard InChI is InChI=1S/C34H53FN3O14PS3/c1-12-23(39)54-18-16-46-53(45,47-17-19-55-24(40)13-2)48-20-21-26(49-31(44)52-34(9,10)11)25(35)27(56-21)37-15-14-22(36-28(37)41)38(29(42)50-32(3,4)5)30(43)51-33(6,7)8/h14-15,21,25-27H,12-13,16-20H2,1-11H3/t21-,25+,26-,27-/m1/s1. The van der Waals surface area contributed by atoms with E-state index < -0.39 is 84.0 Å². The van der Waals surface area contributed by atoms with Crippen LogP contribution in [-0.2, 0) is 46.7 Å². The first kappa shape index (κ1) is 49.5. The zero-order chi connectivity index (χ0) is 42.6. The molecule has 1 aliphatic rings. The van der Waals surface area contributed by atoms with Gasteiger partial charge in [0.25, 0.3) is 0 Å². The number of nitrogens with zero attached hydrogens (tertiary/aromatic N) is 3. The Hall–Kier alpha value is -2.68. The van der Waals surface area contributed by atoms with Gasteiger partial charge in [0.15, 0.2) is 28.3 Å². The molecule has 0 aliphatic carbocycles. The highest BCUT2D eigenvalue weighted by Gasteiger charge is 2.50. The molecule has 0 unspecified atom stereocenters. The molecule has 1 fully saturated rings. The molecule has 0 spiro atoms. The van der Waals surface area contributed by atoms with Gasteiger partial charge in [-0.2, -0.15) is 9.88 Å². The Morgan fingerprint density at radius 2 is 1.32 bits per heavy atom. The quantitative estimate of drug-likeness (QED) is 0.0675. The lowest BCUT2D eigenvalue weighted by Gasteiger charge is -2.28. The Morgan fingerprint density at radius 1 is 0.839 bits per heavy atom. The summed E-state index contributed by atoms with van der Waals surface area (Å²) in [5.74, 6) is -0.230. The molecule has 0 N–H and O–H groups in total. The number of thioether (sulfide) groups is 3. The maximum atomic E-state index is 16.4. The van der Waals surface area contributed by atoms with Crippen LogP contribution in [0, 0.1) is 0 Å². The van der Waals surface area contributed by atoms with E-state index in [9.17, 15) is 33.3 Å². The largest absolute Gasteiger partial charge is 0.509 e. The number of anilines is 1. The van der Waals surface area contributed by atoms with E-state index in [1.165, 1.54) is 0 Å². The Morgan fingerprint density at radius 3 is 1.75 bits per heavy atom. The van der Waals surface area contributed by atoms with E-state index in [1.807, 2.05) is 0 Å². The van der Waals surface area contributed by atoms with Crippen LogP contribution in [0.25, 0.3) is 0 Å². The minimum Gasteiger partial charge on any atom is -0.443 e. The van der Waals surface area contributed by atoms with E-state index >= 15 is 4.39 Å². The van der Waals surface area contributed by atoms with Crippen LogP contribution in [0.15, 0.2) is 17.1 Å². The van der Waals surface area contributed by atoms with Crippen molar-refractivity contribution in [3.8, 4) is 0 Å². The Balaban J connectivity index is 2.46. The summed E-state index contributed by atoms with van der Waals surface area (Å²) >= 11 is 2.68. The van der Waals surface area contributed by atoms with E-state index in [4.69, 9.17) is 32.5 Å². The molecule has 1 aromatic rings. The van der Waals surface area contributed by atoms with Gasteiger partial charge in [-0.3, -0.25) is 27.7 Å². The third-order valence-corrected chi connectivity index (χ3v) is 11.5. The van der Waals surface area contributed by atoms with E-state index in [2.05, 4.69) is 4.98 Å². The van der Waals surface area contributed by atoms with Crippen LogP contribution in [0.3, 0.4) is 0 Å². The van der Waals surface area contributed by atoms with Crippen LogP contribution in [-0.4, -0.2) is 104 Å². The van der Waals surface area contributed by atoms with Crippen LogP contribution in [0.2, 0.25) is 0 Å². The second-order valence-corrected chi connectivity index (χ2v) is 20.2. The van der Waals surface area contributed by atoms with Gasteiger partial charge in [0.05, 0.1) is 25.1 Å². The van der Waals surface area contributed by atoms with Gasteiger partial charge < -0.3 is 18.9 Å². The molecule has 56 heavy (non-hydrogen) atoms. The summed E-state index contributed by atoms with van der Waals surface area (Å²) in [6, 6.07) is 1.11. The van der Waals surface area contributed by atoms with Gasteiger partial charge >= 0.3 is 31.9 Å². The van der Waals surface area contributed by atoms with E-state index in [-0.39, 0.29) is 47.8 Å². The van der Waals surface area contributed by atoms with Gasteiger partial charge in [0.1, 0.15) is 22.2 Å². The number of alkyl halides is 1. The first-order valence-electron chi connectivity index (χ1n) is 17.7. The fourth-order valence-electron chi connectivity index (χ4n) is 4.27. The Bertz CT molecular complexity index is 1590. The molecule has 4 atom stereocenters. The molecule has 318 valence electrons. The van der Waals surface area contributed by atoms with Gasteiger partial charge in [0, 0.05) is 30.5 Å². The van der Waals surface area contributed by atoms with Crippen LogP contribution < -0.4 is 10.6 Å². The van der Waals surface area contributed by atoms with E-state index in [0.29, 0.717) is 4.90 Å². The number of phosphoric ester groups is 1. The summed E-state index contributed by atoms with van der Waals surface area (Å²) in [6.45, 7) is 16.4. The lowest BCUT2D eigenvalue weighted by atomic mass is 10.1. The number of phosphoric acid groups is 1. The van der Waals surface area contributed by atoms with Crippen molar-refractivity contribution in [1.29, 1.82) is 0 Å². The maximum absolute atomic E-state index is 16.4. The van der Waals surface area contributed by atoms with E-state index in [0.717, 1.165) is 52.1 Å². The van der Waals surface area contributed by atoms with Gasteiger partial charge in [-0.1, -0.05) is 37.4 Å². The van der Waals surface area contributed by atoms with Crippen molar-refractivity contribution >= 4 is 77.5 Å². The second kappa shape index (κ2) is 21.4. The normalized spacial score (nSPS) is 18.9. The SMILES string of the molecule is CCC(=O)SCCOP(=O)(OCCSC(=O)CC)OC[C@H]1S[C@@H](n2ccc(N(C(=O)OC(C)(C)C)C(=O)OC(C)(C)C)nc2=O)[C@@H](F)[C@@H]1OC(=O)OC(C)(C)C. The van der Waals surface area contributed by atoms with Crippen LogP contribution in [0.1, 0.15) is 94.4 Å². The second-order valence-electron chi connectivity index (χ2n) is 14.9. The van der Waals surface area contributed by atoms with Crippen LogP contribution >= 0.6 is 43.1 Å². The van der Waals surface area contributed by atoms with Crippen molar-refractivity contribution in [2.45, 2.75) is 129 Å². The summed E-state index contributed by atoms with van der Waals surface area (Å²) in [4.78, 5) is 80.3. The highest BCUT2D eigenvalue weighted by Crippen LogP contribution is 2.52. The lowest BCUT2D eigenvalue weighted by Crippen LogP contribution is -2.45. The first-order chi connectivity index (χ1) is 25.8. The zero-order valence-corrected chi connectivity index (χ0v) is 36.9. The number of ether oxygens (including phenoxy) is 4. The smallest absolute Gasteiger partial charge is 0.443 e. The molecule has 1 saturated heterocycles. The number of carbonyl (C=O) groups is 5. The minimum absolute atomic E-state index is 0.120. The van der Waals surface area contributed by atoms with E-state index in [1.54, 1.807) is 76.2 Å². The van der Waals surface area contributed by atoms with Crippen LogP contribution in [0.4, 0.5) is 24.6 Å². The van der Waals surface area contributed by atoms with Gasteiger partial charge in [-0.05, 0) is 68.4 Å². The Labute approximate surface area is 339 Å². The number of halogens is 1. The summed E-state index contributed by atoms with van der Waals surface area (Å²) < 4.78 is 68.9. The predicted molar refractivity (Wildman–Crippen MR) is 211 cm³/mol. The molecule has 0 saturated carbocycles. The minimum atomic E-state index is -4.42. The fraction of sp³-hybridized carbons (Fsp3) is 0.735. The highest BCUT2D eigenvalue weighted by molar-refractivity contribution is 8.13. The number of amides is 2. The summed E-state index contributed by atoms with van der Waals surface area (Å²) in [5, 5.41) is -2.83. The number of hydrogen-bond donors (Lipinski definition) is 0. The zero-order valence-electron chi connectivity index (χ0n) is 33.5. The predicted octanol–water partition coefficient (Wildman–Crippen LogP) is 7.69. The number of hydrogen-bond acceptors (Lipinski definition) is 18. The van der Waals surface area contributed by atoms with Crippen molar-refractivity contribution in [3.63, 3.8) is 0 Å². The molecule has 2 amide bonds. The topological polar surface area (TPSA) is 205 Å². The molecular formula is C34H53FN3O14PS3. The lowest BCUT2D eigenvalue weighted by molar-refractivity contribution is -0.111. The molecule has 0 radical (unpaired) electrons. The number of aromatic nitrogens is 2. The highest BCUT2D eigenvalue weighted by atomic mass is 32.2. The molecule has 1 aliphatic heterocycles. The molecule has 2 rings (SSSR count). The molecule has 17 nitrogen and oxygen atoms in total. The van der Waals surface area contributed by atoms with Crippen molar-refractivity contribution in [1.82, 2.24) is 9.55 Å². The average Bonchev–Trinajstić information content (AvgIpc) is 3.35. The van der Waals surface area contributed by atoms with Crippen LogP contribution in [0.5, 0.6) is 0 Å². The molecule has 1 aromatic heterocycles. The monoisotopic (exact) mass is 873 g/mol. The first-order valence-corrected chi connectivity index (χ1v) is 22.0. The maximum Gasteiger partial charge on any atom is 0.509 e. The molecule has 2 heterocycles. The Kier molecular flexibility index (Phi) is 18.9. The molecule has 0 aromatic carbocycles. The molecule has 22 heteroatoms. The summed E-state index contributed by atoms with van der Waals surface area (Å²) in [5.41, 5.74) is -4.21. The van der Waals surface area contributed by atoms with Gasteiger partial charge in [-0.25, -0.2) is 28.1 Å². The number of imide groups is 1. The molecule has 0 bridgehead atoms. The molecular weight excluding hydrogens is 821 g/mol. The average molecular weight is 874 g/mol. The van der Waals surface area contributed by atoms with Crippen molar-refractivity contribution in [2.24, 2.45) is 0 Å². The number of carbonyl (C=O) groups excluding carboxylic acids is 5.